The van der Waals surface area contributed by atoms with Crippen LogP contribution in [0.2, 0.25) is 0 Å². The van der Waals surface area contributed by atoms with E-state index in [9.17, 15) is 9.59 Å². The zero-order valence-corrected chi connectivity index (χ0v) is 6.03. The molecule has 0 radical (unpaired) electrons. The van der Waals surface area contributed by atoms with Gasteiger partial charge in [-0.15, -0.1) is 6.58 Å². The molecule has 0 aromatic rings. The maximum absolute atomic E-state index is 10.4. The first kappa shape index (κ1) is 9.48. The molecular weight excluding hydrogens is 150 g/mol. The van der Waals surface area contributed by atoms with E-state index in [0.717, 1.165) is 13.2 Å². The Hall–Kier alpha value is -1.52. The van der Waals surface area contributed by atoms with Crippen molar-refractivity contribution in [1.29, 1.82) is 0 Å². The molecule has 0 aliphatic heterocycles. The molecule has 0 aromatic heterocycles. The van der Waals surface area contributed by atoms with Gasteiger partial charge in [0.1, 0.15) is 6.04 Å². The number of aliphatic carboxylic acids is 1. The van der Waals surface area contributed by atoms with E-state index in [0.29, 0.717) is 0 Å². The Morgan fingerprint density at radius 2 is 2.27 bits per heavy atom. The Labute approximate surface area is 63.7 Å². The molecule has 0 spiro atoms. The maximum atomic E-state index is 10.4. The van der Waals surface area contributed by atoms with Gasteiger partial charge in [0.25, 0.3) is 0 Å². The number of nitrogens with one attached hydrogen (secondary N) is 1. The van der Waals surface area contributed by atoms with E-state index in [-0.39, 0.29) is 0 Å². The lowest BCUT2D eigenvalue weighted by Gasteiger charge is -2.07. The summed E-state index contributed by atoms with van der Waals surface area (Å²) >= 11 is 0. The molecule has 0 aromatic carbocycles. The van der Waals surface area contributed by atoms with Crippen molar-refractivity contribution >= 4 is 12.1 Å². The van der Waals surface area contributed by atoms with Gasteiger partial charge in [-0.3, -0.25) is 0 Å². The van der Waals surface area contributed by atoms with Gasteiger partial charge in [0.2, 0.25) is 0 Å². The largest absolute Gasteiger partial charge is 0.479 e. The Balaban J connectivity index is 3.98. The van der Waals surface area contributed by atoms with E-state index in [1.165, 1.54) is 0 Å². The van der Waals surface area contributed by atoms with Crippen LogP contribution < -0.4 is 5.32 Å². The summed E-state index contributed by atoms with van der Waals surface area (Å²) in [4.78, 5) is 20.7. The summed E-state index contributed by atoms with van der Waals surface area (Å²) < 4.78 is 4.17. The number of rotatable bonds is 3. The first-order valence-corrected chi connectivity index (χ1v) is 2.81. The van der Waals surface area contributed by atoms with E-state index in [1.807, 2.05) is 5.32 Å². The fraction of sp³-hybridized carbons (Fsp3) is 0.333. The van der Waals surface area contributed by atoms with Crippen LogP contribution in [0.15, 0.2) is 12.7 Å². The summed E-state index contributed by atoms with van der Waals surface area (Å²) in [6.07, 6.45) is 0.302. The molecule has 0 aliphatic rings. The van der Waals surface area contributed by atoms with Crippen LogP contribution in [0, 0.1) is 0 Å². The van der Waals surface area contributed by atoms with Crippen LogP contribution in [0.5, 0.6) is 0 Å². The fourth-order valence-electron chi connectivity index (χ4n) is 0.407. The van der Waals surface area contributed by atoms with Gasteiger partial charge in [-0.2, -0.15) is 0 Å². The quantitative estimate of drug-likeness (QED) is 0.567. The van der Waals surface area contributed by atoms with Gasteiger partial charge in [-0.05, 0) is 0 Å². The highest BCUT2D eigenvalue weighted by atomic mass is 16.5. The summed E-state index contributed by atoms with van der Waals surface area (Å²) in [5.74, 6) is -1.18. The molecule has 0 bridgehead atoms. The zero-order chi connectivity index (χ0) is 8.85. The first-order valence-electron chi connectivity index (χ1n) is 2.81. The Kier molecular flexibility index (Phi) is 3.72. The van der Waals surface area contributed by atoms with E-state index in [1.54, 1.807) is 0 Å². The highest BCUT2D eigenvalue weighted by Crippen LogP contribution is 1.85. The highest BCUT2D eigenvalue weighted by Gasteiger charge is 2.15. The molecule has 0 saturated heterocycles. The smallest absolute Gasteiger partial charge is 0.407 e. The van der Waals surface area contributed by atoms with Gasteiger partial charge in [0.15, 0.2) is 0 Å². The second-order valence-electron chi connectivity index (χ2n) is 1.69. The van der Waals surface area contributed by atoms with Gasteiger partial charge in [0, 0.05) is 0 Å². The summed E-state index contributed by atoms with van der Waals surface area (Å²) in [6, 6.07) is -1.09. The Morgan fingerprint density at radius 3 is 2.55 bits per heavy atom. The molecular formula is C6H9NO4. The average molecular weight is 159 g/mol. The molecule has 0 aliphatic carbocycles. The Morgan fingerprint density at radius 1 is 1.73 bits per heavy atom. The molecule has 0 heterocycles. The van der Waals surface area contributed by atoms with Crippen LogP contribution in [0.3, 0.4) is 0 Å². The standard InChI is InChI=1S/C6H9NO4/c1-3-4(5(8)9)7-6(10)11-2/h3-4H,1H2,2H3,(H,7,10)(H,8,9)/t4-/m0/s1. The average Bonchev–Trinajstić information content (AvgIpc) is 1.99. The van der Waals surface area contributed by atoms with Crippen molar-refractivity contribution in [3.8, 4) is 0 Å². The fourth-order valence-corrected chi connectivity index (χ4v) is 0.407. The number of carbonyl (C=O) groups is 2. The van der Waals surface area contributed by atoms with Crippen molar-refractivity contribution < 1.29 is 19.4 Å². The monoisotopic (exact) mass is 159 g/mol. The molecule has 5 heteroatoms. The summed E-state index contributed by atoms with van der Waals surface area (Å²) in [5, 5.41) is 10.4. The number of ether oxygens (including phenoxy) is 1. The van der Waals surface area contributed by atoms with Crippen LogP contribution in [-0.4, -0.2) is 30.3 Å². The lowest BCUT2D eigenvalue weighted by molar-refractivity contribution is -0.138. The van der Waals surface area contributed by atoms with Gasteiger partial charge < -0.3 is 15.2 Å². The second-order valence-corrected chi connectivity index (χ2v) is 1.69. The minimum absolute atomic E-state index is 0.794. The molecule has 1 amide bonds. The SMILES string of the molecule is C=C[C@H](NC(=O)OC)C(=O)O. The number of hydrogen-bond donors (Lipinski definition) is 2. The lowest BCUT2D eigenvalue weighted by Crippen LogP contribution is -2.38. The normalized spacial score (nSPS) is 11.4. The minimum Gasteiger partial charge on any atom is -0.479 e. The third-order valence-electron chi connectivity index (χ3n) is 0.961. The summed E-state index contributed by atoms with van der Waals surface area (Å²) in [6.45, 7) is 3.22. The first-order chi connectivity index (χ1) is 5.11. The van der Waals surface area contributed by atoms with Crippen LogP contribution >= 0.6 is 0 Å². The number of alkyl carbamates (subject to hydrolysis) is 1. The van der Waals surface area contributed by atoms with Gasteiger partial charge in [0.05, 0.1) is 7.11 Å². The molecule has 0 rings (SSSR count). The molecule has 5 nitrogen and oxygen atoms in total. The van der Waals surface area contributed by atoms with Gasteiger partial charge in [-0.1, -0.05) is 6.08 Å². The number of carbonyl (C=O) groups excluding carboxylic acids is 1. The molecule has 1 atom stereocenters. The van der Waals surface area contributed by atoms with Crippen LogP contribution in [0.4, 0.5) is 4.79 Å². The molecule has 0 saturated carbocycles. The van der Waals surface area contributed by atoms with Crippen LogP contribution in [0.1, 0.15) is 0 Å². The van der Waals surface area contributed by atoms with Crippen molar-refractivity contribution in [2.45, 2.75) is 6.04 Å². The lowest BCUT2D eigenvalue weighted by atomic mass is 10.3. The van der Waals surface area contributed by atoms with E-state index >= 15 is 0 Å². The van der Waals surface area contributed by atoms with E-state index in [4.69, 9.17) is 5.11 Å². The molecule has 0 fully saturated rings. The molecule has 2 N–H and O–H groups in total. The number of hydrogen-bond acceptors (Lipinski definition) is 3. The van der Waals surface area contributed by atoms with Gasteiger partial charge in [-0.25, -0.2) is 9.59 Å². The predicted octanol–water partition coefficient (Wildman–Crippen LogP) is -0.0184. The molecule has 62 valence electrons. The highest BCUT2D eigenvalue weighted by molar-refractivity contribution is 5.81. The zero-order valence-electron chi connectivity index (χ0n) is 6.03. The van der Waals surface area contributed by atoms with Crippen molar-refractivity contribution in [3.05, 3.63) is 12.7 Å². The van der Waals surface area contributed by atoms with Crippen LogP contribution in [-0.2, 0) is 9.53 Å². The summed E-state index contributed by atoms with van der Waals surface area (Å²) in [5.41, 5.74) is 0. The topological polar surface area (TPSA) is 75.6 Å². The van der Waals surface area contributed by atoms with Gasteiger partial charge >= 0.3 is 12.1 Å². The van der Waals surface area contributed by atoms with Crippen molar-refractivity contribution in [3.63, 3.8) is 0 Å². The number of carboxylic acid groups (broad SMARTS) is 1. The molecule has 11 heavy (non-hydrogen) atoms. The van der Waals surface area contributed by atoms with Crippen LogP contribution in [0.25, 0.3) is 0 Å². The van der Waals surface area contributed by atoms with E-state index < -0.39 is 18.1 Å². The third kappa shape index (κ3) is 3.24. The van der Waals surface area contributed by atoms with Crippen molar-refractivity contribution in [2.24, 2.45) is 0 Å². The van der Waals surface area contributed by atoms with E-state index in [2.05, 4.69) is 11.3 Å². The van der Waals surface area contributed by atoms with Crippen molar-refractivity contribution in [2.75, 3.05) is 7.11 Å². The Bertz CT molecular complexity index is 177. The molecule has 0 unspecified atom stereocenters. The number of amides is 1. The van der Waals surface area contributed by atoms with Crippen molar-refractivity contribution in [1.82, 2.24) is 5.32 Å². The third-order valence-corrected chi connectivity index (χ3v) is 0.961. The minimum atomic E-state index is -1.18. The predicted molar refractivity (Wildman–Crippen MR) is 37.2 cm³/mol. The summed E-state index contributed by atoms with van der Waals surface area (Å²) in [7, 11) is 1.15. The number of carboxylic acids is 1. The second kappa shape index (κ2) is 4.32. The maximum Gasteiger partial charge on any atom is 0.407 e. The number of methoxy groups -OCH3 is 1.